The van der Waals surface area contributed by atoms with E-state index in [4.69, 9.17) is 5.73 Å². The molecule has 1 aliphatic rings. The summed E-state index contributed by atoms with van der Waals surface area (Å²) < 4.78 is 0. The number of benzene rings is 1. The highest BCUT2D eigenvalue weighted by atomic mass is 32.2. The van der Waals surface area contributed by atoms with Gasteiger partial charge in [-0.3, -0.25) is 0 Å². The standard InChI is InChI=1S/C14H22N2S/c1-10-9-11(15)3-8-14(10)16-12-4-6-13(17-2)7-5-12/h3,8-9,12-13,16H,4-7,15H2,1-2H3. The largest absolute Gasteiger partial charge is 0.399 e. The van der Waals surface area contributed by atoms with Gasteiger partial charge in [0.05, 0.1) is 0 Å². The van der Waals surface area contributed by atoms with Crippen molar-refractivity contribution in [2.75, 3.05) is 17.3 Å². The molecule has 0 saturated heterocycles. The summed E-state index contributed by atoms with van der Waals surface area (Å²) in [7, 11) is 0. The van der Waals surface area contributed by atoms with Crippen LogP contribution in [0.2, 0.25) is 0 Å². The van der Waals surface area contributed by atoms with Crippen LogP contribution in [0.1, 0.15) is 31.2 Å². The first-order valence-electron chi connectivity index (χ1n) is 6.34. The zero-order valence-corrected chi connectivity index (χ0v) is 11.5. The molecule has 0 radical (unpaired) electrons. The van der Waals surface area contributed by atoms with Crippen LogP contribution < -0.4 is 11.1 Å². The van der Waals surface area contributed by atoms with Gasteiger partial charge in [0.25, 0.3) is 0 Å². The van der Waals surface area contributed by atoms with E-state index in [1.807, 2.05) is 23.9 Å². The average molecular weight is 250 g/mol. The number of thioether (sulfide) groups is 1. The quantitative estimate of drug-likeness (QED) is 0.804. The summed E-state index contributed by atoms with van der Waals surface area (Å²) >= 11 is 2.01. The first kappa shape index (κ1) is 12.6. The van der Waals surface area contributed by atoms with Crippen molar-refractivity contribution in [2.45, 2.75) is 43.9 Å². The maximum absolute atomic E-state index is 5.77. The molecule has 0 aliphatic heterocycles. The zero-order valence-electron chi connectivity index (χ0n) is 10.7. The fourth-order valence-corrected chi connectivity index (χ4v) is 3.26. The molecule has 94 valence electrons. The van der Waals surface area contributed by atoms with E-state index >= 15 is 0 Å². The Bertz CT molecular complexity index is 370. The Morgan fingerprint density at radius 2 is 1.94 bits per heavy atom. The molecule has 1 aromatic carbocycles. The predicted molar refractivity (Wildman–Crippen MR) is 78.8 cm³/mol. The number of nitrogen functional groups attached to an aromatic ring is 1. The zero-order chi connectivity index (χ0) is 12.3. The average Bonchev–Trinajstić information content (AvgIpc) is 2.34. The lowest BCUT2D eigenvalue weighted by Gasteiger charge is -2.29. The van der Waals surface area contributed by atoms with Gasteiger partial charge in [-0.05, 0) is 62.6 Å². The van der Waals surface area contributed by atoms with Crippen LogP contribution in [0.4, 0.5) is 11.4 Å². The number of rotatable bonds is 3. The molecule has 0 atom stereocenters. The van der Waals surface area contributed by atoms with E-state index in [1.54, 1.807) is 0 Å². The molecule has 0 heterocycles. The highest BCUT2D eigenvalue weighted by Crippen LogP contribution is 2.29. The first-order chi connectivity index (χ1) is 8.19. The third-order valence-electron chi connectivity index (χ3n) is 3.62. The van der Waals surface area contributed by atoms with Crippen LogP contribution in [-0.4, -0.2) is 17.5 Å². The highest BCUT2D eigenvalue weighted by molar-refractivity contribution is 7.99. The Labute approximate surface area is 108 Å². The van der Waals surface area contributed by atoms with Crippen LogP contribution in [-0.2, 0) is 0 Å². The Morgan fingerprint density at radius 1 is 1.24 bits per heavy atom. The van der Waals surface area contributed by atoms with Crippen molar-refractivity contribution in [2.24, 2.45) is 0 Å². The topological polar surface area (TPSA) is 38.0 Å². The normalized spacial score (nSPS) is 24.6. The summed E-state index contributed by atoms with van der Waals surface area (Å²) in [6.45, 7) is 2.12. The minimum atomic E-state index is 0.640. The van der Waals surface area contributed by atoms with Gasteiger partial charge in [0.2, 0.25) is 0 Å². The van der Waals surface area contributed by atoms with Gasteiger partial charge in [0.1, 0.15) is 0 Å². The Hall–Kier alpha value is -0.830. The van der Waals surface area contributed by atoms with Gasteiger partial charge in [-0.2, -0.15) is 11.8 Å². The second-order valence-corrected chi connectivity index (χ2v) is 6.07. The van der Waals surface area contributed by atoms with Gasteiger partial charge in [-0.25, -0.2) is 0 Å². The molecule has 0 bridgehead atoms. The second-order valence-electron chi connectivity index (χ2n) is 4.93. The number of aryl methyl sites for hydroxylation is 1. The van der Waals surface area contributed by atoms with Crippen LogP contribution in [0.3, 0.4) is 0 Å². The van der Waals surface area contributed by atoms with Gasteiger partial charge in [-0.15, -0.1) is 0 Å². The Morgan fingerprint density at radius 3 is 2.53 bits per heavy atom. The minimum Gasteiger partial charge on any atom is -0.399 e. The lowest BCUT2D eigenvalue weighted by molar-refractivity contribution is 0.473. The van der Waals surface area contributed by atoms with Crippen LogP contribution in [0.5, 0.6) is 0 Å². The lowest BCUT2D eigenvalue weighted by atomic mass is 9.94. The van der Waals surface area contributed by atoms with Crippen LogP contribution in [0, 0.1) is 6.92 Å². The fourth-order valence-electron chi connectivity index (χ4n) is 2.51. The van der Waals surface area contributed by atoms with E-state index in [2.05, 4.69) is 24.6 Å². The molecule has 1 fully saturated rings. The summed E-state index contributed by atoms with van der Waals surface area (Å²) in [5, 5.41) is 4.53. The maximum Gasteiger partial charge on any atom is 0.0373 e. The third-order valence-corrected chi connectivity index (χ3v) is 4.76. The minimum absolute atomic E-state index is 0.640. The van der Waals surface area contributed by atoms with E-state index < -0.39 is 0 Å². The number of nitrogens with two attached hydrogens (primary N) is 1. The Kier molecular flexibility index (Phi) is 4.21. The van der Waals surface area contributed by atoms with Gasteiger partial charge in [0.15, 0.2) is 0 Å². The number of hydrogen-bond donors (Lipinski definition) is 2. The van der Waals surface area contributed by atoms with Crippen molar-refractivity contribution in [3.63, 3.8) is 0 Å². The molecular formula is C14H22N2S. The number of hydrogen-bond acceptors (Lipinski definition) is 3. The van der Waals surface area contributed by atoms with Crippen LogP contribution in [0.15, 0.2) is 18.2 Å². The smallest absolute Gasteiger partial charge is 0.0373 e. The van der Waals surface area contributed by atoms with Crippen molar-refractivity contribution < 1.29 is 0 Å². The molecule has 0 unspecified atom stereocenters. The Balaban J connectivity index is 1.93. The van der Waals surface area contributed by atoms with Crippen molar-refractivity contribution >= 4 is 23.1 Å². The summed E-state index contributed by atoms with van der Waals surface area (Å²) in [4.78, 5) is 0. The molecule has 0 spiro atoms. The maximum atomic E-state index is 5.77. The fraction of sp³-hybridized carbons (Fsp3) is 0.571. The van der Waals surface area contributed by atoms with Gasteiger partial charge < -0.3 is 11.1 Å². The molecule has 1 aliphatic carbocycles. The molecule has 0 amide bonds. The van der Waals surface area contributed by atoms with Crippen LogP contribution >= 0.6 is 11.8 Å². The van der Waals surface area contributed by atoms with Crippen molar-refractivity contribution in [3.05, 3.63) is 23.8 Å². The summed E-state index contributed by atoms with van der Waals surface area (Å²) in [6.07, 6.45) is 7.48. The van der Waals surface area contributed by atoms with Crippen molar-refractivity contribution in [3.8, 4) is 0 Å². The molecular weight excluding hydrogens is 228 g/mol. The molecule has 2 nitrogen and oxygen atoms in total. The molecule has 17 heavy (non-hydrogen) atoms. The molecule has 2 rings (SSSR count). The molecule has 1 saturated carbocycles. The number of anilines is 2. The van der Waals surface area contributed by atoms with Crippen molar-refractivity contribution in [1.29, 1.82) is 0 Å². The third kappa shape index (κ3) is 3.32. The van der Waals surface area contributed by atoms with Gasteiger partial charge >= 0.3 is 0 Å². The SMILES string of the molecule is CSC1CCC(Nc2ccc(N)cc2C)CC1. The second kappa shape index (κ2) is 5.67. The molecule has 1 aromatic rings. The number of nitrogens with one attached hydrogen (secondary N) is 1. The summed E-state index contributed by atoms with van der Waals surface area (Å²) in [5.41, 5.74) is 9.10. The highest BCUT2D eigenvalue weighted by Gasteiger charge is 2.20. The van der Waals surface area contributed by atoms with Gasteiger partial charge in [0, 0.05) is 22.7 Å². The molecule has 0 aromatic heterocycles. The van der Waals surface area contributed by atoms with Crippen LogP contribution in [0.25, 0.3) is 0 Å². The van der Waals surface area contributed by atoms with E-state index in [-0.39, 0.29) is 0 Å². The first-order valence-corrected chi connectivity index (χ1v) is 7.63. The lowest BCUT2D eigenvalue weighted by Crippen LogP contribution is -2.27. The van der Waals surface area contributed by atoms with Crippen molar-refractivity contribution in [1.82, 2.24) is 0 Å². The van der Waals surface area contributed by atoms with E-state index in [0.29, 0.717) is 6.04 Å². The summed E-state index contributed by atoms with van der Waals surface area (Å²) in [5.74, 6) is 0. The summed E-state index contributed by atoms with van der Waals surface area (Å²) in [6, 6.07) is 6.75. The van der Waals surface area contributed by atoms with Gasteiger partial charge in [-0.1, -0.05) is 0 Å². The van der Waals surface area contributed by atoms with E-state index in [1.165, 1.54) is 36.9 Å². The van der Waals surface area contributed by atoms with E-state index in [0.717, 1.165) is 10.9 Å². The monoisotopic (exact) mass is 250 g/mol. The molecule has 3 N–H and O–H groups in total. The predicted octanol–water partition coefficient (Wildman–Crippen LogP) is 3.66. The molecule has 3 heteroatoms. The van der Waals surface area contributed by atoms with E-state index in [9.17, 15) is 0 Å².